The lowest BCUT2D eigenvalue weighted by Gasteiger charge is -2.23. The highest BCUT2D eigenvalue weighted by molar-refractivity contribution is 6.16. The van der Waals surface area contributed by atoms with Crippen LogP contribution in [0.5, 0.6) is 0 Å². The summed E-state index contributed by atoms with van der Waals surface area (Å²) < 4.78 is 8.48. The molecule has 0 fully saturated rings. The predicted octanol–water partition coefficient (Wildman–Crippen LogP) is 9.01. The van der Waals surface area contributed by atoms with E-state index in [0.717, 1.165) is 67.9 Å². The van der Waals surface area contributed by atoms with Gasteiger partial charge in [-0.3, -0.25) is 4.99 Å². The minimum atomic E-state index is -0.244. The summed E-state index contributed by atoms with van der Waals surface area (Å²) in [6, 6.07) is 51.3. The Morgan fingerprint density at radius 3 is 2.16 bits per heavy atom. The molecule has 6 aromatic carbocycles. The Kier molecular flexibility index (Phi) is 6.62. The van der Waals surface area contributed by atoms with Crippen LogP contribution in [-0.2, 0) is 0 Å². The van der Waals surface area contributed by atoms with Crippen molar-refractivity contribution in [2.45, 2.75) is 12.6 Å². The molecular formula is C45H33N4O+. The normalized spacial score (nSPS) is 17.6. The van der Waals surface area contributed by atoms with Gasteiger partial charge in [0.2, 0.25) is 0 Å². The van der Waals surface area contributed by atoms with Crippen LogP contribution in [0.15, 0.2) is 173 Å². The first-order chi connectivity index (χ1) is 24.8. The second-order valence-corrected chi connectivity index (χ2v) is 13.1. The van der Waals surface area contributed by atoms with Gasteiger partial charge in [0.1, 0.15) is 22.2 Å². The number of benzene rings is 6. The third-order valence-corrected chi connectivity index (χ3v) is 10.1. The van der Waals surface area contributed by atoms with E-state index in [9.17, 15) is 0 Å². The molecule has 1 aliphatic heterocycles. The van der Waals surface area contributed by atoms with Gasteiger partial charge in [-0.2, -0.15) is 4.57 Å². The number of hydrogen-bond acceptors (Lipinski definition) is 3. The number of rotatable bonds is 4. The van der Waals surface area contributed by atoms with Crippen LogP contribution in [0.3, 0.4) is 0 Å². The van der Waals surface area contributed by atoms with Gasteiger partial charge in [-0.15, -0.1) is 0 Å². The second-order valence-electron chi connectivity index (χ2n) is 13.1. The molecule has 50 heavy (non-hydrogen) atoms. The fourth-order valence-corrected chi connectivity index (χ4v) is 7.56. The summed E-state index contributed by atoms with van der Waals surface area (Å²) >= 11 is 0. The van der Waals surface area contributed by atoms with Crippen LogP contribution in [0.2, 0.25) is 0 Å². The second kappa shape index (κ2) is 11.6. The number of aliphatic imine (C=N–C) groups is 1. The summed E-state index contributed by atoms with van der Waals surface area (Å²) in [6.07, 6.45) is 7.48. The van der Waals surface area contributed by atoms with Gasteiger partial charge >= 0.3 is 5.96 Å². The fraction of sp³-hybridized carbons (Fsp3) is 0.0667. The zero-order valence-corrected chi connectivity index (χ0v) is 27.3. The minimum absolute atomic E-state index is 0.117. The molecule has 0 amide bonds. The van der Waals surface area contributed by atoms with Crippen molar-refractivity contribution < 1.29 is 9.41 Å². The SMILES string of the molecule is C1=CC(C2=NC(c3ccccc3)[NH+]=C(n3c4ccccc4c4ccc(-c5ccc6oc7ccccc7c6c5)cc43)N2)CC=C1c1ccccc1. The lowest BCUT2D eigenvalue weighted by atomic mass is 9.92. The summed E-state index contributed by atoms with van der Waals surface area (Å²) in [5, 5.41) is 8.45. The summed E-state index contributed by atoms with van der Waals surface area (Å²) in [6.45, 7) is 0. The highest BCUT2D eigenvalue weighted by Gasteiger charge is 2.31. The molecule has 2 aliphatic rings. The Morgan fingerprint density at radius 1 is 0.620 bits per heavy atom. The van der Waals surface area contributed by atoms with Crippen molar-refractivity contribution in [2.24, 2.45) is 10.9 Å². The number of furan rings is 1. The smallest absolute Gasteiger partial charge is 0.363 e. The zero-order chi connectivity index (χ0) is 33.0. The van der Waals surface area contributed by atoms with Crippen molar-refractivity contribution in [2.75, 3.05) is 0 Å². The van der Waals surface area contributed by atoms with E-state index < -0.39 is 0 Å². The number of allylic oxidation sites excluding steroid dienone is 3. The van der Waals surface area contributed by atoms with Gasteiger partial charge in [-0.25, -0.2) is 10.3 Å². The topological polar surface area (TPSA) is 56.4 Å². The number of hydrogen-bond donors (Lipinski definition) is 2. The summed E-state index contributed by atoms with van der Waals surface area (Å²) in [4.78, 5) is 9.07. The summed E-state index contributed by atoms with van der Waals surface area (Å²) in [5.74, 6) is 1.97. The summed E-state index contributed by atoms with van der Waals surface area (Å²) in [7, 11) is 0. The van der Waals surface area contributed by atoms with Crippen molar-refractivity contribution in [3.05, 3.63) is 175 Å². The van der Waals surface area contributed by atoms with E-state index in [-0.39, 0.29) is 12.1 Å². The Morgan fingerprint density at radius 2 is 1.32 bits per heavy atom. The van der Waals surface area contributed by atoms with Crippen molar-refractivity contribution in [1.82, 2.24) is 9.88 Å². The van der Waals surface area contributed by atoms with E-state index >= 15 is 0 Å². The van der Waals surface area contributed by atoms with Crippen molar-refractivity contribution in [3.63, 3.8) is 0 Å². The zero-order valence-electron chi connectivity index (χ0n) is 27.3. The third kappa shape index (κ3) is 4.78. The maximum Gasteiger partial charge on any atom is 0.363 e. The van der Waals surface area contributed by atoms with Gasteiger partial charge in [0.25, 0.3) is 0 Å². The number of para-hydroxylation sites is 2. The van der Waals surface area contributed by atoms with Crippen molar-refractivity contribution >= 4 is 61.1 Å². The lowest BCUT2D eigenvalue weighted by Crippen LogP contribution is -2.81. The third-order valence-electron chi connectivity index (χ3n) is 10.1. The highest BCUT2D eigenvalue weighted by atomic mass is 16.3. The standard InChI is InChI=1S/C45H32N4O/c1-3-11-29(12-4-1)30-19-21-32(22-20-30)44-46-43(31-13-5-2-6-14-31)47-45(48-44)49-39-17-9-7-15-35(39)36-25-23-34(28-40(36)49)33-24-26-42-38(27-33)37-16-8-10-18-41(37)50-42/h1-21,23-28,32,43H,22H2,(H,46,47,48)/p+1. The largest absolute Gasteiger partial charge is 0.456 e. The molecule has 238 valence electrons. The molecule has 5 heteroatoms. The molecular weight excluding hydrogens is 613 g/mol. The van der Waals surface area contributed by atoms with E-state index in [4.69, 9.17) is 9.41 Å². The van der Waals surface area contributed by atoms with Crippen LogP contribution in [0.25, 0.3) is 60.4 Å². The van der Waals surface area contributed by atoms with Crippen LogP contribution in [0.4, 0.5) is 0 Å². The van der Waals surface area contributed by atoms with Crippen LogP contribution in [0.1, 0.15) is 23.7 Å². The molecule has 3 heterocycles. The van der Waals surface area contributed by atoms with Gasteiger partial charge in [0.05, 0.1) is 5.92 Å². The summed E-state index contributed by atoms with van der Waals surface area (Å²) in [5.41, 5.74) is 9.95. The molecule has 0 saturated heterocycles. The minimum Gasteiger partial charge on any atom is -0.456 e. The number of nitrogens with one attached hydrogen (secondary N) is 2. The Bertz CT molecular complexity index is 2710. The first kappa shape index (κ1) is 28.5. The van der Waals surface area contributed by atoms with Gasteiger partial charge < -0.3 is 4.42 Å². The highest BCUT2D eigenvalue weighted by Crippen LogP contribution is 2.36. The van der Waals surface area contributed by atoms with Crippen LogP contribution in [-0.4, -0.2) is 16.4 Å². The fourth-order valence-electron chi connectivity index (χ4n) is 7.56. The lowest BCUT2D eigenvalue weighted by molar-refractivity contribution is -0.513. The van der Waals surface area contributed by atoms with E-state index in [0.29, 0.717) is 0 Å². The van der Waals surface area contributed by atoms with E-state index in [1.54, 1.807) is 0 Å². The number of nitrogens with zero attached hydrogens (tertiary/aromatic N) is 2. The van der Waals surface area contributed by atoms with Gasteiger partial charge in [-0.1, -0.05) is 133 Å². The first-order valence-electron chi connectivity index (χ1n) is 17.2. The molecule has 2 atom stereocenters. The Labute approximate surface area is 289 Å². The van der Waals surface area contributed by atoms with Gasteiger partial charge in [-0.05, 0) is 59.0 Å². The monoisotopic (exact) mass is 645 g/mol. The van der Waals surface area contributed by atoms with Gasteiger partial charge in [0, 0.05) is 27.1 Å². The molecule has 2 aromatic heterocycles. The quantitative estimate of drug-likeness (QED) is 0.201. The predicted molar refractivity (Wildman–Crippen MR) is 205 cm³/mol. The molecule has 2 N–H and O–H groups in total. The average molecular weight is 646 g/mol. The molecule has 0 radical (unpaired) electrons. The van der Waals surface area contributed by atoms with E-state index in [2.05, 4.69) is 167 Å². The van der Waals surface area contributed by atoms with Crippen LogP contribution >= 0.6 is 0 Å². The number of aromatic nitrogens is 1. The maximum atomic E-state index is 6.14. The van der Waals surface area contributed by atoms with Gasteiger partial charge in [0.15, 0.2) is 12.0 Å². The molecule has 1 aliphatic carbocycles. The first-order valence-corrected chi connectivity index (χ1v) is 17.2. The molecule has 8 aromatic rings. The van der Waals surface area contributed by atoms with Crippen LogP contribution in [0, 0.1) is 5.92 Å². The molecule has 0 saturated carbocycles. The van der Waals surface area contributed by atoms with Crippen molar-refractivity contribution in [1.29, 1.82) is 0 Å². The van der Waals surface area contributed by atoms with Crippen LogP contribution < -0.4 is 10.3 Å². The molecule has 10 rings (SSSR count). The molecule has 0 bridgehead atoms. The van der Waals surface area contributed by atoms with E-state index in [1.165, 1.54) is 21.9 Å². The average Bonchev–Trinajstić information content (AvgIpc) is 3.73. The maximum absolute atomic E-state index is 6.14. The van der Waals surface area contributed by atoms with E-state index in [1.807, 2.05) is 12.1 Å². The van der Waals surface area contributed by atoms with Crippen molar-refractivity contribution in [3.8, 4) is 11.1 Å². The molecule has 2 unspecified atom stereocenters. The Balaban J connectivity index is 1.10. The molecule has 0 spiro atoms. The number of fused-ring (bicyclic) bond motifs is 6. The number of amidine groups is 1. The molecule has 5 nitrogen and oxygen atoms in total. The Hall–Kier alpha value is -6.46.